The molecule has 0 spiro atoms. The van der Waals surface area contributed by atoms with Crippen LogP contribution in [0.4, 0.5) is 5.69 Å². The summed E-state index contributed by atoms with van der Waals surface area (Å²) >= 11 is 0. The van der Waals surface area contributed by atoms with Crippen LogP contribution in [0.25, 0.3) is 0 Å². The van der Waals surface area contributed by atoms with Gasteiger partial charge in [0.1, 0.15) is 0 Å². The molecule has 0 aliphatic rings. The molecule has 0 aliphatic heterocycles. The lowest BCUT2D eigenvalue weighted by atomic mass is 10.1. The summed E-state index contributed by atoms with van der Waals surface area (Å²) in [4.78, 5) is 0. The van der Waals surface area contributed by atoms with Crippen molar-refractivity contribution in [2.75, 3.05) is 12.3 Å². The summed E-state index contributed by atoms with van der Waals surface area (Å²) in [6, 6.07) is 0. The van der Waals surface area contributed by atoms with Gasteiger partial charge in [-0.15, -0.1) is 0 Å². The fraction of sp³-hybridized carbons (Fsp3) is 0.625. The van der Waals surface area contributed by atoms with E-state index in [1.165, 1.54) is 0 Å². The molecule has 0 unspecified atom stereocenters. The van der Waals surface area contributed by atoms with E-state index in [0.717, 1.165) is 5.69 Å². The third kappa shape index (κ3) is 1.30. The van der Waals surface area contributed by atoms with Crippen LogP contribution in [0.5, 0.6) is 0 Å². The summed E-state index contributed by atoms with van der Waals surface area (Å²) in [6.07, 6.45) is 1.60. The first-order valence-electron chi connectivity index (χ1n) is 3.90. The maximum Gasteiger partial charge on any atom is 0.0805 e. The van der Waals surface area contributed by atoms with Crippen molar-refractivity contribution in [2.24, 2.45) is 0 Å². The standard InChI is InChI=1S/C8H15N3O/c1-6-7(9)4-10-11(6)8(2,3)5-12/h4,12H,5,9H2,1-3H3. The van der Waals surface area contributed by atoms with Crippen LogP contribution in [0.3, 0.4) is 0 Å². The number of hydrogen-bond acceptors (Lipinski definition) is 3. The van der Waals surface area contributed by atoms with Gasteiger partial charge in [0, 0.05) is 0 Å². The lowest BCUT2D eigenvalue weighted by molar-refractivity contribution is 0.150. The number of nitrogen functional groups attached to an aromatic ring is 1. The van der Waals surface area contributed by atoms with Crippen LogP contribution in [0.1, 0.15) is 19.5 Å². The molecule has 68 valence electrons. The lowest BCUT2D eigenvalue weighted by Gasteiger charge is -2.24. The van der Waals surface area contributed by atoms with Crippen LogP contribution < -0.4 is 5.73 Å². The Labute approximate surface area is 72.0 Å². The van der Waals surface area contributed by atoms with Crippen LogP contribution in [-0.2, 0) is 5.54 Å². The zero-order valence-corrected chi connectivity index (χ0v) is 7.70. The summed E-state index contributed by atoms with van der Waals surface area (Å²) in [7, 11) is 0. The van der Waals surface area contributed by atoms with Crippen molar-refractivity contribution in [3.63, 3.8) is 0 Å². The fourth-order valence-electron chi connectivity index (χ4n) is 1.10. The molecule has 0 fully saturated rings. The van der Waals surface area contributed by atoms with Crippen LogP contribution in [-0.4, -0.2) is 21.5 Å². The van der Waals surface area contributed by atoms with Crippen molar-refractivity contribution in [1.82, 2.24) is 9.78 Å². The Morgan fingerprint density at radius 2 is 2.25 bits per heavy atom. The molecular weight excluding hydrogens is 154 g/mol. The fourth-order valence-corrected chi connectivity index (χ4v) is 1.10. The molecule has 0 aromatic carbocycles. The highest BCUT2D eigenvalue weighted by Crippen LogP contribution is 2.19. The first-order valence-corrected chi connectivity index (χ1v) is 3.90. The normalized spacial score (nSPS) is 12.0. The van der Waals surface area contributed by atoms with Crippen LogP contribution in [0.15, 0.2) is 6.20 Å². The number of hydrogen-bond donors (Lipinski definition) is 2. The Kier molecular flexibility index (Phi) is 2.10. The quantitative estimate of drug-likeness (QED) is 0.677. The van der Waals surface area contributed by atoms with Gasteiger partial charge >= 0.3 is 0 Å². The molecule has 0 radical (unpaired) electrons. The van der Waals surface area contributed by atoms with Crippen molar-refractivity contribution in [2.45, 2.75) is 26.3 Å². The van der Waals surface area contributed by atoms with E-state index in [2.05, 4.69) is 5.10 Å². The van der Waals surface area contributed by atoms with E-state index in [1.807, 2.05) is 20.8 Å². The number of nitrogens with zero attached hydrogens (tertiary/aromatic N) is 2. The summed E-state index contributed by atoms with van der Waals surface area (Å²) in [5.41, 5.74) is 6.81. The van der Waals surface area contributed by atoms with E-state index < -0.39 is 0 Å². The van der Waals surface area contributed by atoms with Gasteiger partial charge in [-0.05, 0) is 20.8 Å². The maximum atomic E-state index is 9.08. The Morgan fingerprint density at radius 1 is 1.67 bits per heavy atom. The number of aliphatic hydroxyl groups is 1. The molecular formula is C8H15N3O. The number of anilines is 1. The number of nitrogens with two attached hydrogens (primary N) is 1. The third-order valence-corrected chi connectivity index (χ3v) is 2.01. The zero-order valence-electron chi connectivity index (χ0n) is 7.70. The van der Waals surface area contributed by atoms with E-state index >= 15 is 0 Å². The summed E-state index contributed by atoms with van der Waals surface area (Å²) in [6.45, 7) is 5.76. The minimum absolute atomic E-state index is 0.0506. The second-order valence-corrected chi connectivity index (χ2v) is 3.57. The molecule has 4 nitrogen and oxygen atoms in total. The molecule has 1 aromatic heterocycles. The van der Waals surface area contributed by atoms with Crippen molar-refractivity contribution in [1.29, 1.82) is 0 Å². The SMILES string of the molecule is Cc1c(N)cnn1C(C)(C)CO. The average Bonchev–Trinajstić information content (AvgIpc) is 2.33. The number of rotatable bonds is 2. The summed E-state index contributed by atoms with van der Waals surface area (Å²) < 4.78 is 1.74. The van der Waals surface area contributed by atoms with Gasteiger partial charge in [0.05, 0.1) is 29.7 Å². The first kappa shape index (κ1) is 9.06. The van der Waals surface area contributed by atoms with Crippen molar-refractivity contribution in [3.8, 4) is 0 Å². The predicted molar refractivity (Wildman–Crippen MR) is 47.8 cm³/mol. The topological polar surface area (TPSA) is 64.1 Å². The van der Waals surface area contributed by atoms with Crippen LogP contribution >= 0.6 is 0 Å². The molecule has 1 rings (SSSR count). The lowest BCUT2D eigenvalue weighted by Crippen LogP contribution is -2.32. The second-order valence-electron chi connectivity index (χ2n) is 3.57. The largest absolute Gasteiger partial charge is 0.396 e. The minimum atomic E-state index is -0.373. The molecule has 0 saturated carbocycles. The molecule has 0 amide bonds. The number of aromatic nitrogens is 2. The highest BCUT2D eigenvalue weighted by Gasteiger charge is 2.22. The van der Waals surface area contributed by atoms with Crippen LogP contribution in [0, 0.1) is 6.92 Å². The van der Waals surface area contributed by atoms with Gasteiger partial charge in [-0.1, -0.05) is 0 Å². The molecule has 0 bridgehead atoms. The number of aliphatic hydroxyl groups excluding tert-OH is 1. The Hall–Kier alpha value is -1.03. The molecule has 0 atom stereocenters. The molecule has 12 heavy (non-hydrogen) atoms. The van der Waals surface area contributed by atoms with Crippen molar-refractivity contribution < 1.29 is 5.11 Å². The van der Waals surface area contributed by atoms with Crippen molar-refractivity contribution >= 4 is 5.69 Å². The van der Waals surface area contributed by atoms with E-state index in [1.54, 1.807) is 10.9 Å². The van der Waals surface area contributed by atoms with E-state index in [0.29, 0.717) is 5.69 Å². The van der Waals surface area contributed by atoms with E-state index in [9.17, 15) is 0 Å². The third-order valence-electron chi connectivity index (χ3n) is 2.01. The Balaban J connectivity index is 3.11. The monoisotopic (exact) mass is 169 g/mol. The second kappa shape index (κ2) is 2.79. The molecule has 1 aromatic rings. The van der Waals surface area contributed by atoms with E-state index in [-0.39, 0.29) is 12.1 Å². The van der Waals surface area contributed by atoms with Gasteiger partial charge in [-0.3, -0.25) is 4.68 Å². The average molecular weight is 169 g/mol. The Bertz CT molecular complexity index is 278. The van der Waals surface area contributed by atoms with Gasteiger partial charge in [0.15, 0.2) is 0 Å². The molecule has 3 N–H and O–H groups in total. The Morgan fingerprint density at radius 3 is 2.58 bits per heavy atom. The van der Waals surface area contributed by atoms with Gasteiger partial charge in [-0.25, -0.2) is 0 Å². The molecule has 0 aliphatic carbocycles. The van der Waals surface area contributed by atoms with Crippen LogP contribution in [0.2, 0.25) is 0 Å². The zero-order chi connectivity index (χ0) is 9.35. The smallest absolute Gasteiger partial charge is 0.0805 e. The van der Waals surface area contributed by atoms with Crippen molar-refractivity contribution in [3.05, 3.63) is 11.9 Å². The highest BCUT2D eigenvalue weighted by atomic mass is 16.3. The summed E-state index contributed by atoms with van der Waals surface area (Å²) in [5.74, 6) is 0. The van der Waals surface area contributed by atoms with Gasteiger partial charge in [0.25, 0.3) is 0 Å². The van der Waals surface area contributed by atoms with Gasteiger partial charge in [0.2, 0.25) is 0 Å². The molecule has 1 heterocycles. The van der Waals surface area contributed by atoms with Gasteiger partial charge < -0.3 is 10.8 Å². The molecule has 0 saturated heterocycles. The minimum Gasteiger partial charge on any atom is -0.396 e. The molecule has 4 heteroatoms. The highest BCUT2D eigenvalue weighted by molar-refractivity contribution is 5.40. The van der Waals surface area contributed by atoms with Gasteiger partial charge in [-0.2, -0.15) is 5.10 Å². The maximum absolute atomic E-state index is 9.08. The predicted octanol–water partition coefficient (Wildman–Crippen LogP) is 0.501. The first-order chi connectivity index (χ1) is 5.49. The summed E-state index contributed by atoms with van der Waals surface area (Å²) in [5, 5.41) is 13.2. The van der Waals surface area contributed by atoms with E-state index in [4.69, 9.17) is 10.8 Å².